The number of nitrogens with zero attached hydrogens (tertiary/aromatic N) is 1. The third-order valence-electron chi connectivity index (χ3n) is 4.48. The molecule has 2 aromatic rings. The number of benzene rings is 2. The SMILES string of the molecule is Cc1ccc(OCC(=O)N[C@@H]2CC(=O)N(CCc3ccccc3)C2)cc1. The first-order valence-electron chi connectivity index (χ1n) is 8.90. The molecule has 1 saturated heterocycles. The Hall–Kier alpha value is -2.82. The van der Waals surface area contributed by atoms with E-state index in [1.165, 1.54) is 5.56 Å². The van der Waals surface area contributed by atoms with Crippen molar-refractivity contribution >= 4 is 11.8 Å². The maximum absolute atomic E-state index is 12.1. The molecule has 136 valence electrons. The van der Waals surface area contributed by atoms with E-state index in [9.17, 15) is 9.59 Å². The van der Waals surface area contributed by atoms with Gasteiger partial charge in [0, 0.05) is 19.5 Å². The molecule has 5 nitrogen and oxygen atoms in total. The Labute approximate surface area is 154 Å². The van der Waals surface area contributed by atoms with Crippen molar-refractivity contribution in [2.45, 2.75) is 25.8 Å². The van der Waals surface area contributed by atoms with Crippen molar-refractivity contribution in [3.05, 3.63) is 65.7 Å². The number of aryl methyl sites for hydroxylation is 1. The number of ether oxygens (including phenoxy) is 1. The summed E-state index contributed by atoms with van der Waals surface area (Å²) in [6.45, 7) is 3.19. The fraction of sp³-hybridized carbons (Fsp3) is 0.333. The van der Waals surface area contributed by atoms with Gasteiger partial charge in [-0.05, 0) is 31.0 Å². The number of carbonyl (C=O) groups excluding carboxylic acids is 2. The van der Waals surface area contributed by atoms with Gasteiger partial charge in [-0.15, -0.1) is 0 Å². The molecule has 1 atom stereocenters. The van der Waals surface area contributed by atoms with E-state index >= 15 is 0 Å². The first-order chi connectivity index (χ1) is 12.6. The molecule has 1 heterocycles. The molecule has 0 unspecified atom stereocenters. The van der Waals surface area contributed by atoms with Gasteiger partial charge in [-0.1, -0.05) is 48.0 Å². The highest BCUT2D eigenvalue weighted by molar-refractivity contribution is 5.82. The molecule has 0 radical (unpaired) electrons. The normalized spacial score (nSPS) is 16.6. The van der Waals surface area contributed by atoms with E-state index in [0.29, 0.717) is 25.3 Å². The monoisotopic (exact) mass is 352 g/mol. The summed E-state index contributed by atoms with van der Waals surface area (Å²) in [6, 6.07) is 17.5. The summed E-state index contributed by atoms with van der Waals surface area (Å²) >= 11 is 0. The lowest BCUT2D eigenvalue weighted by molar-refractivity contribution is -0.127. The molecule has 1 N–H and O–H groups in total. The molecule has 0 spiro atoms. The molecule has 1 fully saturated rings. The van der Waals surface area contributed by atoms with E-state index in [0.717, 1.165) is 12.0 Å². The molecular weight excluding hydrogens is 328 g/mol. The molecule has 2 amide bonds. The first-order valence-corrected chi connectivity index (χ1v) is 8.90. The van der Waals surface area contributed by atoms with Crippen LogP contribution in [0.4, 0.5) is 0 Å². The van der Waals surface area contributed by atoms with E-state index < -0.39 is 0 Å². The minimum Gasteiger partial charge on any atom is -0.484 e. The molecule has 3 rings (SSSR count). The number of amides is 2. The Bertz CT molecular complexity index is 744. The Morgan fingerprint density at radius 3 is 2.62 bits per heavy atom. The molecule has 5 heteroatoms. The van der Waals surface area contributed by atoms with Crippen LogP contribution in [-0.4, -0.2) is 42.5 Å². The van der Waals surface area contributed by atoms with E-state index in [1.54, 1.807) is 0 Å². The second kappa shape index (κ2) is 8.52. The topological polar surface area (TPSA) is 58.6 Å². The van der Waals surface area contributed by atoms with Crippen LogP contribution in [-0.2, 0) is 16.0 Å². The van der Waals surface area contributed by atoms with Crippen molar-refractivity contribution in [2.75, 3.05) is 19.7 Å². The van der Waals surface area contributed by atoms with Gasteiger partial charge in [-0.25, -0.2) is 0 Å². The highest BCUT2D eigenvalue weighted by atomic mass is 16.5. The quantitative estimate of drug-likeness (QED) is 0.832. The molecule has 0 bridgehead atoms. The fourth-order valence-electron chi connectivity index (χ4n) is 3.05. The van der Waals surface area contributed by atoms with Gasteiger partial charge in [0.1, 0.15) is 5.75 Å². The van der Waals surface area contributed by atoms with Crippen LogP contribution >= 0.6 is 0 Å². The molecular formula is C21H24N2O3. The third-order valence-corrected chi connectivity index (χ3v) is 4.48. The van der Waals surface area contributed by atoms with Crippen molar-refractivity contribution in [3.8, 4) is 5.75 Å². The zero-order valence-electron chi connectivity index (χ0n) is 15.0. The molecule has 2 aromatic carbocycles. The standard InChI is InChI=1S/C21H24N2O3/c1-16-7-9-19(10-8-16)26-15-20(24)22-18-13-21(25)23(14-18)12-11-17-5-3-2-4-6-17/h2-10,18H,11-15H2,1H3,(H,22,24)/t18-/m1/s1. The second-order valence-electron chi connectivity index (χ2n) is 6.65. The Morgan fingerprint density at radius 2 is 1.88 bits per heavy atom. The molecule has 0 saturated carbocycles. The van der Waals surface area contributed by atoms with Crippen LogP contribution < -0.4 is 10.1 Å². The predicted molar refractivity (Wildman–Crippen MR) is 99.9 cm³/mol. The van der Waals surface area contributed by atoms with Gasteiger partial charge < -0.3 is 15.0 Å². The second-order valence-corrected chi connectivity index (χ2v) is 6.65. The lowest BCUT2D eigenvalue weighted by Crippen LogP contribution is -2.39. The highest BCUT2D eigenvalue weighted by Gasteiger charge is 2.30. The number of hydrogen-bond donors (Lipinski definition) is 1. The zero-order valence-corrected chi connectivity index (χ0v) is 15.0. The van der Waals surface area contributed by atoms with Gasteiger partial charge >= 0.3 is 0 Å². The third kappa shape index (κ3) is 5.09. The fourth-order valence-corrected chi connectivity index (χ4v) is 3.05. The minimum atomic E-state index is -0.201. The largest absolute Gasteiger partial charge is 0.484 e. The molecule has 0 aromatic heterocycles. The number of nitrogens with one attached hydrogen (secondary N) is 1. The van der Waals surface area contributed by atoms with Gasteiger partial charge in [0.2, 0.25) is 5.91 Å². The van der Waals surface area contributed by atoms with Crippen LogP contribution in [0.3, 0.4) is 0 Å². The van der Waals surface area contributed by atoms with E-state index in [-0.39, 0.29) is 24.5 Å². The van der Waals surface area contributed by atoms with E-state index in [1.807, 2.05) is 54.3 Å². The number of likely N-dealkylation sites (tertiary alicyclic amines) is 1. The highest BCUT2D eigenvalue weighted by Crippen LogP contribution is 2.13. The van der Waals surface area contributed by atoms with Crippen molar-refractivity contribution in [2.24, 2.45) is 0 Å². The van der Waals surface area contributed by atoms with Crippen LogP contribution in [0, 0.1) is 6.92 Å². The van der Waals surface area contributed by atoms with Gasteiger partial charge in [-0.2, -0.15) is 0 Å². The van der Waals surface area contributed by atoms with Crippen molar-refractivity contribution in [3.63, 3.8) is 0 Å². The average molecular weight is 352 g/mol. The number of hydrogen-bond acceptors (Lipinski definition) is 3. The van der Waals surface area contributed by atoms with Gasteiger partial charge in [0.05, 0.1) is 6.04 Å². The summed E-state index contributed by atoms with van der Waals surface area (Å²) in [5.74, 6) is 0.553. The smallest absolute Gasteiger partial charge is 0.258 e. The van der Waals surface area contributed by atoms with E-state index in [2.05, 4.69) is 17.4 Å². The first kappa shape index (κ1) is 18.0. The molecule has 1 aliphatic heterocycles. The Morgan fingerprint density at radius 1 is 1.15 bits per heavy atom. The Balaban J connectivity index is 1.41. The molecule has 1 aliphatic rings. The summed E-state index contributed by atoms with van der Waals surface area (Å²) < 4.78 is 5.48. The van der Waals surface area contributed by atoms with Crippen molar-refractivity contribution in [1.82, 2.24) is 10.2 Å². The van der Waals surface area contributed by atoms with Crippen LogP contribution in [0.2, 0.25) is 0 Å². The van der Waals surface area contributed by atoms with Crippen molar-refractivity contribution in [1.29, 1.82) is 0 Å². The lowest BCUT2D eigenvalue weighted by Gasteiger charge is -2.17. The van der Waals surface area contributed by atoms with Crippen LogP contribution in [0.15, 0.2) is 54.6 Å². The molecule has 0 aliphatic carbocycles. The van der Waals surface area contributed by atoms with Crippen LogP contribution in [0.1, 0.15) is 17.5 Å². The summed E-state index contributed by atoms with van der Waals surface area (Å²) in [4.78, 5) is 26.0. The predicted octanol–water partition coefficient (Wildman–Crippen LogP) is 2.33. The van der Waals surface area contributed by atoms with Crippen molar-refractivity contribution < 1.29 is 14.3 Å². The lowest BCUT2D eigenvalue weighted by atomic mass is 10.1. The Kier molecular flexibility index (Phi) is 5.89. The minimum absolute atomic E-state index is 0.0439. The maximum atomic E-state index is 12.1. The van der Waals surface area contributed by atoms with Gasteiger partial charge in [0.25, 0.3) is 5.91 Å². The number of carbonyl (C=O) groups is 2. The summed E-state index contributed by atoms with van der Waals surface area (Å²) in [6.07, 6.45) is 1.18. The summed E-state index contributed by atoms with van der Waals surface area (Å²) in [5, 5.41) is 2.89. The summed E-state index contributed by atoms with van der Waals surface area (Å²) in [7, 11) is 0. The van der Waals surface area contributed by atoms with Gasteiger partial charge in [-0.3, -0.25) is 9.59 Å². The van der Waals surface area contributed by atoms with Crippen LogP contribution in [0.5, 0.6) is 5.75 Å². The summed E-state index contributed by atoms with van der Waals surface area (Å²) in [5.41, 5.74) is 2.35. The average Bonchev–Trinajstić information content (AvgIpc) is 2.99. The molecule has 26 heavy (non-hydrogen) atoms. The van der Waals surface area contributed by atoms with E-state index in [4.69, 9.17) is 4.74 Å². The zero-order chi connectivity index (χ0) is 18.4. The van der Waals surface area contributed by atoms with Crippen LogP contribution in [0.25, 0.3) is 0 Å². The van der Waals surface area contributed by atoms with Gasteiger partial charge in [0.15, 0.2) is 6.61 Å². The maximum Gasteiger partial charge on any atom is 0.258 e. The number of rotatable bonds is 7.